The standard InChI is InChI=1S/C16H14FNO3/c1-11(15(19)18-14-5-3-2-4-6-14)21-16(20)12-7-9-13(17)10-8-12/h2-11H,1H3,(H,18,19)/t11-/m0/s1. The molecule has 0 unspecified atom stereocenters. The average molecular weight is 287 g/mol. The van der Waals surface area contributed by atoms with Gasteiger partial charge >= 0.3 is 5.97 Å². The van der Waals surface area contributed by atoms with Crippen LogP contribution in [0.1, 0.15) is 17.3 Å². The molecule has 1 atom stereocenters. The van der Waals surface area contributed by atoms with Crippen LogP contribution in [0.4, 0.5) is 10.1 Å². The summed E-state index contributed by atoms with van der Waals surface area (Å²) < 4.78 is 17.8. The third-order valence-electron chi connectivity index (χ3n) is 2.77. The highest BCUT2D eigenvalue weighted by molar-refractivity contribution is 5.97. The smallest absolute Gasteiger partial charge is 0.338 e. The molecule has 1 amide bonds. The minimum absolute atomic E-state index is 0.191. The van der Waals surface area contributed by atoms with Crippen molar-refractivity contribution in [2.45, 2.75) is 13.0 Å². The van der Waals surface area contributed by atoms with E-state index >= 15 is 0 Å². The number of ether oxygens (including phenoxy) is 1. The van der Waals surface area contributed by atoms with Gasteiger partial charge in [-0.2, -0.15) is 0 Å². The van der Waals surface area contributed by atoms with Gasteiger partial charge in [-0.05, 0) is 43.3 Å². The minimum Gasteiger partial charge on any atom is -0.449 e. The molecule has 0 aliphatic rings. The lowest BCUT2D eigenvalue weighted by molar-refractivity contribution is -0.123. The number of hydrogen-bond donors (Lipinski definition) is 1. The number of rotatable bonds is 4. The molecule has 0 fully saturated rings. The van der Waals surface area contributed by atoms with Crippen LogP contribution in [0.25, 0.3) is 0 Å². The molecular formula is C16H14FNO3. The van der Waals surface area contributed by atoms with Gasteiger partial charge in [0.1, 0.15) is 5.82 Å². The zero-order chi connectivity index (χ0) is 15.2. The van der Waals surface area contributed by atoms with Gasteiger partial charge in [-0.1, -0.05) is 18.2 Å². The first-order chi connectivity index (χ1) is 10.1. The number of hydrogen-bond acceptors (Lipinski definition) is 3. The minimum atomic E-state index is -0.956. The Labute approximate surface area is 121 Å². The van der Waals surface area contributed by atoms with Gasteiger partial charge in [0.05, 0.1) is 5.56 Å². The molecule has 0 radical (unpaired) electrons. The molecule has 0 heterocycles. The molecule has 2 aromatic rings. The summed E-state index contributed by atoms with van der Waals surface area (Å²) in [6.45, 7) is 1.47. The van der Waals surface area contributed by atoms with Crippen LogP contribution in [0.3, 0.4) is 0 Å². The summed E-state index contributed by atoms with van der Waals surface area (Å²) in [5, 5.41) is 2.63. The van der Waals surface area contributed by atoms with Crippen molar-refractivity contribution in [2.75, 3.05) is 5.32 Å². The number of halogens is 1. The van der Waals surface area contributed by atoms with Gasteiger partial charge < -0.3 is 10.1 Å². The fourth-order valence-electron chi connectivity index (χ4n) is 1.63. The van der Waals surface area contributed by atoms with Crippen molar-refractivity contribution in [3.05, 3.63) is 66.0 Å². The Morgan fingerprint density at radius 3 is 2.29 bits per heavy atom. The second-order valence-corrected chi connectivity index (χ2v) is 4.41. The molecule has 0 aromatic heterocycles. The maximum atomic E-state index is 12.8. The number of carbonyl (C=O) groups is 2. The Balaban J connectivity index is 1.94. The lowest BCUT2D eigenvalue weighted by Crippen LogP contribution is -2.29. The van der Waals surface area contributed by atoms with Crippen molar-refractivity contribution in [1.29, 1.82) is 0 Å². The largest absolute Gasteiger partial charge is 0.449 e. The van der Waals surface area contributed by atoms with Crippen LogP contribution in [0.2, 0.25) is 0 Å². The van der Waals surface area contributed by atoms with Crippen LogP contribution in [0.5, 0.6) is 0 Å². The summed E-state index contributed by atoms with van der Waals surface area (Å²) in [6.07, 6.45) is -0.956. The molecule has 108 valence electrons. The first kappa shape index (κ1) is 14.7. The topological polar surface area (TPSA) is 55.4 Å². The number of para-hydroxylation sites is 1. The fourth-order valence-corrected chi connectivity index (χ4v) is 1.63. The van der Waals surface area contributed by atoms with E-state index in [1.54, 1.807) is 24.3 Å². The van der Waals surface area contributed by atoms with Crippen molar-refractivity contribution in [3.63, 3.8) is 0 Å². The monoisotopic (exact) mass is 287 g/mol. The van der Waals surface area contributed by atoms with Gasteiger partial charge in [0, 0.05) is 5.69 Å². The zero-order valence-corrected chi connectivity index (χ0v) is 11.4. The lowest BCUT2D eigenvalue weighted by Gasteiger charge is -2.13. The third-order valence-corrected chi connectivity index (χ3v) is 2.77. The molecular weight excluding hydrogens is 273 g/mol. The summed E-state index contributed by atoms with van der Waals surface area (Å²) in [7, 11) is 0. The van der Waals surface area contributed by atoms with Crippen LogP contribution in [0, 0.1) is 5.82 Å². The molecule has 21 heavy (non-hydrogen) atoms. The van der Waals surface area contributed by atoms with E-state index in [4.69, 9.17) is 4.74 Å². The second kappa shape index (κ2) is 6.65. The van der Waals surface area contributed by atoms with E-state index in [1.165, 1.54) is 19.1 Å². The highest BCUT2D eigenvalue weighted by Gasteiger charge is 2.18. The summed E-state index contributed by atoms with van der Waals surface area (Å²) in [4.78, 5) is 23.7. The van der Waals surface area contributed by atoms with Gasteiger partial charge in [0.2, 0.25) is 0 Å². The number of benzene rings is 2. The normalized spacial score (nSPS) is 11.5. The van der Waals surface area contributed by atoms with Gasteiger partial charge in [0.15, 0.2) is 6.10 Å². The summed E-state index contributed by atoms with van der Waals surface area (Å²) in [6, 6.07) is 13.8. The van der Waals surface area contributed by atoms with Gasteiger partial charge in [-0.25, -0.2) is 9.18 Å². The molecule has 1 N–H and O–H groups in total. The Hall–Kier alpha value is -2.69. The van der Waals surface area contributed by atoms with Crippen molar-refractivity contribution >= 4 is 17.6 Å². The van der Waals surface area contributed by atoms with E-state index in [1.807, 2.05) is 6.07 Å². The number of carbonyl (C=O) groups excluding carboxylic acids is 2. The van der Waals surface area contributed by atoms with E-state index in [0.29, 0.717) is 5.69 Å². The van der Waals surface area contributed by atoms with Gasteiger partial charge in [0.25, 0.3) is 5.91 Å². The zero-order valence-electron chi connectivity index (χ0n) is 11.4. The molecule has 0 aliphatic heterocycles. The Morgan fingerprint density at radius 1 is 1.05 bits per heavy atom. The van der Waals surface area contributed by atoms with Crippen LogP contribution in [-0.2, 0) is 9.53 Å². The predicted molar refractivity (Wildman–Crippen MR) is 76.3 cm³/mol. The van der Waals surface area contributed by atoms with E-state index in [9.17, 15) is 14.0 Å². The maximum Gasteiger partial charge on any atom is 0.338 e. The molecule has 0 spiro atoms. The van der Waals surface area contributed by atoms with E-state index in [-0.39, 0.29) is 5.56 Å². The maximum absolute atomic E-state index is 12.8. The molecule has 5 heteroatoms. The second-order valence-electron chi connectivity index (χ2n) is 4.41. The number of amides is 1. The highest BCUT2D eigenvalue weighted by Crippen LogP contribution is 2.09. The lowest BCUT2D eigenvalue weighted by atomic mass is 10.2. The molecule has 0 saturated carbocycles. The first-order valence-corrected chi connectivity index (χ1v) is 6.39. The van der Waals surface area contributed by atoms with Crippen molar-refractivity contribution < 1.29 is 18.7 Å². The van der Waals surface area contributed by atoms with E-state index in [0.717, 1.165) is 12.1 Å². The van der Waals surface area contributed by atoms with Crippen LogP contribution in [0.15, 0.2) is 54.6 Å². The third kappa shape index (κ3) is 4.14. The Bertz CT molecular complexity index is 626. The van der Waals surface area contributed by atoms with E-state index < -0.39 is 23.8 Å². The molecule has 2 aromatic carbocycles. The van der Waals surface area contributed by atoms with Crippen LogP contribution in [-0.4, -0.2) is 18.0 Å². The Kier molecular flexibility index (Phi) is 4.66. The quantitative estimate of drug-likeness (QED) is 0.879. The summed E-state index contributed by atoms with van der Waals surface area (Å²) in [5.74, 6) is -1.55. The molecule has 2 rings (SSSR count). The molecule has 4 nitrogen and oxygen atoms in total. The number of esters is 1. The average Bonchev–Trinajstić information content (AvgIpc) is 2.48. The van der Waals surface area contributed by atoms with Gasteiger partial charge in [-0.3, -0.25) is 4.79 Å². The van der Waals surface area contributed by atoms with E-state index in [2.05, 4.69) is 5.32 Å². The van der Waals surface area contributed by atoms with Crippen LogP contribution >= 0.6 is 0 Å². The molecule has 0 aliphatic carbocycles. The SMILES string of the molecule is C[C@H](OC(=O)c1ccc(F)cc1)C(=O)Nc1ccccc1. The summed E-state index contributed by atoms with van der Waals surface area (Å²) >= 11 is 0. The molecule has 0 bridgehead atoms. The predicted octanol–water partition coefficient (Wildman–Crippen LogP) is 3.01. The molecule has 0 saturated heterocycles. The summed E-state index contributed by atoms with van der Waals surface area (Å²) in [5.41, 5.74) is 0.808. The van der Waals surface area contributed by atoms with Crippen molar-refractivity contribution in [3.8, 4) is 0 Å². The number of nitrogens with one attached hydrogen (secondary N) is 1. The highest BCUT2D eigenvalue weighted by atomic mass is 19.1. The first-order valence-electron chi connectivity index (χ1n) is 6.39. The van der Waals surface area contributed by atoms with Gasteiger partial charge in [-0.15, -0.1) is 0 Å². The fraction of sp³-hybridized carbons (Fsp3) is 0.125. The van der Waals surface area contributed by atoms with Crippen LogP contribution < -0.4 is 5.32 Å². The van der Waals surface area contributed by atoms with Crippen molar-refractivity contribution in [1.82, 2.24) is 0 Å². The van der Waals surface area contributed by atoms with Crippen molar-refractivity contribution in [2.24, 2.45) is 0 Å². The number of anilines is 1. The Morgan fingerprint density at radius 2 is 1.67 bits per heavy atom.